The van der Waals surface area contributed by atoms with Gasteiger partial charge in [-0.3, -0.25) is 14.5 Å². The molecule has 0 saturated carbocycles. The summed E-state index contributed by atoms with van der Waals surface area (Å²) in [6.07, 6.45) is 0.691. The maximum atomic E-state index is 11.1. The molecule has 62 valence electrons. The van der Waals surface area contributed by atoms with Gasteiger partial charge in [-0.25, -0.2) is 0 Å². The van der Waals surface area contributed by atoms with Crippen molar-refractivity contribution in [2.24, 2.45) is 0 Å². The number of nitrogens with zero attached hydrogens (tertiary/aromatic N) is 1. The average Bonchev–Trinajstić information content (AvgIpc) is 1.81. The van der Waals surface area contributed by atoms with Crippen LogP contribution in [0.2, 0.25) is 0 Å². The number of amides is 2. The Balaban J connectivity index is 2.78. The van der Waals surface area contributed by atoms with Gasteiger partial charge in [0.15, 0.2) is 0 Å². The summed E-state index contributed by atoms with van der Waals surface area (Å²) in [4.78, 5) is 23.3. The molecule has 1 rings (SSSR count). The Bertz CT molecular complexity index is 192. The molecule has 1 fully saturated rings. The lowest BCUT2D eigenvalue weighted by Crippen LogP contribution is -2.45. The molecule has 1 saturated heterocycles. The Hall–Kier alpha value is -0.510. The standard InChI is InChI=1S/C7H11NO2S/c1-7(11)3-5(9)8(2)6(10)4-7/h11H,3-4H2,1-2H3. The van der Waals surface area contributed by atoms with Gasteiger partial charge in [0.05, 0.1) is 0 Å². The Morgan fingerprint density at radius 3 is 2.09 bits per heavy atom. The first-order chi connectivity index (χ1) is 4.92. The SMILES string of the molecule is CN1C(=O)CC(C)(S)CC1=O. The summed E-state index contributed by atoms with van der Waals surface area (Å²) in [6, 6.07) is 0. The second kappa shape index (κ2) is 2.52. The van der Waals surface area contributed by atoms with Gasteiger partial charge < -0.3 is 0 Å². The molecule has 1 heterocycles. The van der Waals surface area contributed by atoms with E-state index >= 15 is 0 Å². The van der Waals surface area contributed by atoms with Gasteiger partial charge in [0.25, 0.3) is 0 Å². The molecule has 0 unspecified atom stereocenters. The van der Waals surface area contributed by atoms with Gasteiger partial charge >= 0.3 is 0 Å². The third-order valence-corrected chi connectivity index (χ3v) is 2.13. The summed E-state index contributed by atoms with van der Waals surface area (Å²) in [7, 11) is 1.51. The Labute approximate surface area is 71.2 Å². The minimum Gasteiger partial charge on any atom is -0.286 e. The fraction of sp³-hybridized carbons (Fsp3) is 0.714. The summed E-state index contributed by atoms with van der Waals surface area (Å²) in [5.74, 6) is -0.280. The van der Waals surface area contributed by atoms with E-state index in [-0.39, 0.29) is 11.8 Å². The average molecular weight is 173 g/mol. The molecule has 0 aromatic rings. The summed E-state index contributed by atoms with van der Waals surface area (Å²) < 4.78 is -0.444. The van der Waals surface area contributed by atoms with Crippen molar-refractivity contribution < 1.29 is 9.59 Å². The van der Waals surface area contributed by atoms with Gasteiger partial charge in [-0.2, -0.15) is 12.6 Å². The van der Waals surface area contributed by atoms with Gasteiger partial charge in [-0.05, 0) is 6.92 Å². The molecule has 4 heteroatoms. The van der Waals surface area contributed by atoms with E-state index in [1.165, 1.54) is 7.05 Å². The predicted molar refractivity (Wildman–Crippen MR) is 44.4 cm³/mol. The van der Waals surface area contributed by atoms with Gasteiger partial charge in [-0.15, -0.1) is 0 Å². The third-order valence-electron chi connectivity index (χ3n) is 1.81. The summed E-state index contributed by atoms with van der Waals surface area (Å²) in [6.45, 7) is 1.80. The highest BCUT2D eigenvalue weighted by atomic mass is 32.1. The number of piperidine rings is 1. The highest BCUT2D eigenvalue weighted by molar-refractivity contribution is 7.81. The van der Waals surface area contributed by atoms with Gasteiger partial charge in [0.2, 0.25) is 11.8 Å². The zero-order valence-electron chi connectivity index (χ0n) is 6.63. The predicted octanol–water partition coefficient (Wildman–Crippen LogP) is 0.454. The van der Waals surface area contributed by atoms with E-state index < -0.39 is 4.75 Å². The van der Waals surface area contributed by atoms with E-state index in [1.54, 1.807) is 6.92 Å². The molecule has 0 N–H and O–H groups in total. The number of thiol groups is 1. The van der Waals surface area contributed by atoms with E-state index in [1.807, 2.05) is 0 Å². The molecule has 0 aromatic heterocycles. The van der Waals surface area contributed by atoms with Gasteiger partial charge in [-0.1, -0.05) is 0 Å². The summed E-state index contributed by atoms with van der Waals surface area (Å²) in [5.41, 5.74) is 0. The lowest BCUT2D eigenvalue weighted by atomic mass is 9.97. The highest BCUT2D eigenvalue weighted by Crippen LogP contribution is 2.28. The molecular weight excluding hydrogens is 162 g/mol. The lowest BCUT2D eigenvalue weighted by molar-refractivity contribution is -0.147. The Morgan fingerprint density at radius 2 is 1.73 bits per heavy atom. The zero-order chi connectivity index (χ0) is 8.65. The molecule has 0 spiro atoms. The van der Waals surface area contributed by atoms with Crippen LogP contribution in [-0.4, -0.2) is 28.5 Å². The third kappa shape index (κ3) is 1.74. The van der Waals surface area contributed by atoms with E-state index in [4.69, 9.17) is 0 Å². The van der Waals surface area contributed by atoms with Crippen LogP contribution in [0.5, 0.6) is 0 Å². The van der Waals surface area contributed by atoms with Crippen LogP contribution in [0.25, 0.3) is 0 Å². The van der Waals surface area contributed by atoms with Crippen LogP contribution in [0.4, 0.5) is 0 Å². The number of carbonyl (C=O) groups excluding carboxylic acids is 2. The van der Waals surface area contributed by atoms with Crippen LogP contribution in [0, 0.1) is 0 Å². The molecule has 0 aliphatic carbocycles. The molecule has 0 atom stereocenters. The fourth-order valence-electron chi connectivity index (χ4n) is 1.09. The maximum absolute atomic E-state index is 11.1. The summed E-state index contributed by atoms with van der Waals surface area (Å²) >= 11 is 4.21. The lowest BCUT2D eigenvalue weighted by Gasteiger charge is -2.31. The number of likely N-dealkylation sites (tertiary alicyclic amines) is 1. The van der Waals surface area contributed by atoms with Crippen molar-refractivity contribution in [2.75, 3.05) is 7.05 Å². The topological polar surface area (TPSA) is 37.4 Å². The first-order valence-electron chi connectivity index (χ1n) is 3.44. The normalized spacial score (nSPS) is 24.1. The monoisotopic (exact) mass is 173 g/mol. The van der Waals surface area contributed by atoms with Crippen LogP contribution in [-0.2, 0) is 9.59 Å². The molecule has 0 aromatic carbocycles. The smallest absolute Gasteiger partial charge is 0.230 e. The zero-order valence-corrected chi connectivity index (χ0v) is 7.52. The first-order valence-corrected chi connectivity index (χ1v) is 3.89. The largest absolute Gasteiger partial charge is 0.286 e. The minimum absolute atomic E-state index is 0.140. The van der Waals surface area contributed by atoms with Crippen molar-refractivity contribution in [1.82, 2.24) is 4.90 Å². The number of rotatable bonds is 0. The molecule has 0 radical (unpaired) electrons. The van der Waals surface area contributed by atoms with Gasteiger partial charge in [0.1, 0.15) is 0 Å². The molecule has 3 nitrogen and oxygen atoms in total. The van der Waals surface area contributed by atoms with Crippen LogP contribution in [0.3, 0.4) is 0 Å². The molecule has 0 bridgehead atoms. The van der Waals surface area contributed by atoms with E-state index in [0.29, 0.717) is 12.8 Å². The quantitative estimate of drug-likeness (QED) is 0.426. The number of hydrogen-bond acceptors (Lipinski definition) is 3. The van der Waals surface area contributed by atoms with E-state index in [9.17, 15) is 9.59 Å². The van der Waals surface area contributed by atoms with Crippen molar-refractivity contribution in [2.45, 2.75) is 24.5 Å². The van der Waals surface area contributed by atoms with Crippen LogP contribution < -0.4 is 0 Å². The van der Waals surface area contributed by atoms with Crippen molar-refractivity contribution in [3.05, 3.63) is 0 Å². The molecular formula is C7H11NO2S. The maximum Gasteiger partial charge on any atom is 0.230 e. The number of carbonyl (C=O) groups is 2. The molecule has 2 amide bonds. The Kier molecular flexibility index (Phi) is 1.96. The molecule has 1 aliphatic rings. The first kappa shape index (κ1) is 8.59. The number of imide groups is 1. The van der Waals surface area contributed by atoms with Crippen LogP contribution in [0.15, 0.2) is 0 Å². The fourth-order valence-corrected chi connectivity index (χ4v) is 1.36. The van der Waals surface area contributed by atoms with Crippen LogP contribution >= 0.6 is 12.6 Å². The highest BCUT2D eigenvalue weighted by Gasteiger charge is 2.35. The molecule has 11 heavy (non-hydrogen) atoms. The van der Waals surface area contributed by atoms with Crippen molar-refractivity contribution in [1.29, 1.82) is 0 Å². The van der Waals surface area contributed by atoms with Crippen molar-refractivity contribution in [3.8, 4) is 0 Å². The second-order valence-electron chi connectivity index (χ2n) is 3.20. The minimum atomic E-state index is -0.444. The summed E-state index contributed by atoms with van der Waals surface area (Å²) in [5, 5.41) is 0. The second-order valence-corrected chi connectivity index (χ2v) is 4.28. The van der Waals surface area contributed by atoms with Crippen molar-refractivity contribution in [3.63, 3.8) is 0 Å². The van der Waals surface area contributed by atoms with Crippen LogP contribution in [0.1, 0.15) is 19.8 Å². The molecule has 1 aliphatic heterocycles. The van der Waals surface area contributed by atoms with E-state index in [2.05, 4.69) is 12.6 Å². The van der Waals surface area contributed by atoms with Crippen molar-refractivity contribution >= 4 is 24.4 Å². The van der Waals surface area contributed by atoms with E-state index in [0.717, 1.165) is 4.90 Å². The Morgan fingerprint density at radius 1 is 1.36 bits per heavy atom. The number of hydrogen-bond donors (Lipinski definition) is 1. The van der Waals surface area contributed by atoms with Gasteiger partial charge in [0, 0.05) is 24.6 Å².